The minimum Gasteiger partial charge on any atom is -0.462 e. The van der Waals surface area contributed by atoms with E-state index in [4.69, 9.17) is 10.5 Å². The van der Waals surface area contributed by atoms with Gasteiger partial charge in [-0.25, -0.2) is 4.79 Å². The van der Waals surface area contributed by atoms with Crippen LogP contribution in [0.5, 0.6) is 0 Å². The van der Waals surface area contributed by atoms with Crippen molar-refractivity contribution in [2.75, 3.05) is 17.7 Å². The molecule has 3 N–H and O–H groups in total. The number of ether oxygens (including phenoxy) is 1. The lowest BCUT2D eigenvalue weighted by Gasteiger charge is -2.21. The van der Waals surface area contributed by atoms with Crippen LogP contribution in [0, 0.1) is 12.8 Å². The summed E-state index contributed by atoms with van der Waals surface area (Å²) < 4.78 is 7.09. The Labute approximate surface area is 213 Å². The Morgan fingerprint density at radius 1 is 1.29 bits per heavy atom. The molecule has 11 heteroatoms. The number of thiophene rings is 1. The maximum Gasteiger partial charge on any atom is 0.341 e. The molecule has 1 fully saturated rings. The van der Waals surface area contributed by atoms with E-state index in [1.807, 2.05) is 4.57 Å². The number of aryl methyl sites for hydroxylation is 1. The Balaban J connectivity index is 1.66. The number of nitrogens with one attached hydrogen (secondary N) is 1. The second-order valence-electron chi connectivity index (χ2n) is 8.52. The predicted molar refractivity (Wildman–Crippen MR) is 138 cm³/mol. The Hall–Kier alpha value is -2.66. The van der Waals surface area contributed by atoms with E-state index in [1.54, 1.807) is 19.9 Å². The van der Waals surface area contributed by atoms with Crippen molar-refractivity contribution in [3.05, 3.63) is 34.5 Å². The molecule has 2 aromatic heterocycles. The number of aromatic nitrogens is 3. The van der Waals surface area contributed by atoms with Crippen LogP contribution in [0.1, 0.15) is 76.9 Å². The van der Waals surface area contributed by atoms with Crippen LogP contribution in [-0.2, 0) is 22.5 Å². The number of primary amides is 1. The average molecular weight is 520 g/mol. The summed E-state index contributed by atoms with van der Waals surface area (Å²) in [6.45, 7) is 7.88. The van der Waals surface area contributed by atoms with Crippen molar-refractivity contribution in [3.8, 4) is 0 Å². The molecule has 3 rings (SSSR count). The molecule has 0 atom stereocenters. The first-order chi connectivity index (χ1) is 16.8. The van der Waals surface area contributed by atoms with E-state index >= 15 is 0 Å². The smallest absolute Gasteiger partial charge is 0.341 e. The normalized spacial score (nSPS) is 14.0. The van der Waals surface area contributed by atoms with Crippen molar-refractivity contribution in [1.82, 2.24) is 14.8 Å². The second kappa shape index (κ2) is 12.9. The van der Waals surface area contributed by atoms with Crippen molar-refractivity contribution < 1.29 is 19.1 Å². The van der Waals surface area contributed by atoms with Gasteiger partial charge in [0.05, 0.1) is 22.8 Å². The first-order valence-corrected chi connectivity index (χ1v) is 13.7. The number of hydrogen-bond acceptors (Lipinski definition) is 8. The van der Waals surface area contributed by atoms with Crippen LogP contribution in [0.3, 0.4) is 0 Å². The number of allylic oxidation sites excluding steroid dienone is 1. The van der Waals surface area contributed by atoms with E-state index in [1.165, 1.54) is 43.9 Å². The molecule has 1 saturated carbocycles. The van der Waals surface area contributed by atoms with Crippen molar-refractivity contribution in [2.45, 2.75) is 70.5 Å². The molecule has 2 amide bonds. The second-order valence-corrected chi connectivity index (χ2v) is 10.5. The van der Waals surface area contributed by atoms with Gasteiger partial charge in [0.2, 0.25) is 5.91 Å². The van der Waals surface area contributed by atoms with E-state index in [-0.39, 0.29) is 33.7 Å². The first-order valence-electron chi connectivity index (χ1n) is 11.9. The fourth-order valence-electron chi connectivity index (χ4n) is 4.31. The zero-order valence-electron chi connectivity index (χ0n) is 20.3. The van der Waals surface area contributed by atoms with Crippen LogP contribution >= 0.6 is 23.1 Å². The van der Waals surface area contributed by atoms with Crippen molar-refractivity contribution in [2.24, 2.45) is 11.7 Å². The Morgan fingerprint density at radius 2 is 2.03 bits per heavy atom. The fraction of sp³-hybridized carbons (Fsp3) is 0.542. The van der Waals surface area contributed by atoms with Crippen LogP contribution in [0.25, 0.3) is 0 Å². The molecule has 9 nitrogen and oxygen atoms in total. The number of carbonyl (C=O) groups excluding carboxylic acids is 3. The van der Waals surface area contributed by atoms with Gasteiger partial charge in [0.15, 0.2) is 5.16 Å². The number of esters is 1. The SMILES string of the molecule is C=CCn1c(CCC2CCCCC2)nnc1SCC(=O)Nc1sc(C(N)=O)c(C)c1C(=O)OCC. The highest BCUT2D eigenvalue weighted by Crippen LogP contribution is 2.34. The third-order valence-corrected chi connectivity index (χ3v) is 8.23. The summed E-state index contributed by atoms with van der Waals surface area (Å²) in [7, 11) is 0. The Bertz CT molecular complexity index is 1070. The molecular formula is C24H33N5O4S2. The van der Waals surface area contributed by atoms with Gasteiger partial charge in [0, 0.05) is 13.0 Å². The number of amides is 2. The van der Waals surface area contributed by atoms with Crippen LogP contribution in [0.2, 0.25) is 0 Å². The molecule has 35 heavy (non-hydrogen) atoms. The Kier molecular flexibility index (Phi) is 9.91. The highest BCUT2D eigenvalue weighted by atomic mass is 32.2. The quantitative estimate of drug-likeness (QED) is 0.242. The standard InChI is InChI=1S/C24H33N5O4S2/c1-4-13-29-17(12-11-16-9-7-6-8-10-16)27-28-24(29)34-14-18(30)26-22-19(23(32)33-5-2)15(3)20(35-22)21(25)31/h4,16H,1,5-14H2,2-3H3,(H2,25,31)(H,26,30). The molecule has 0 unspecified atom stereocenters. The number of carbonyl (C=O) groups is 3. The predicted octanol–water partition coefficient (Wildman–Crippen LogP) is 4.35. The molecule has 2 heterocycles. The number of hydrogen-bond donors (Lipinski definition) is 2. The highest BCUT2D eigenvalue weighted by molar-refractivity contribution is 7.99. The zero-order valence-corrected chi connectivity index (χ0v) is 21.9. The van der Waals surface area contributed by atoms with Gasteiger partial charge < -0.3 is 20.4 Å². The molecule has 1 aliphatic rings. The number of thioether (sulfide) groups is 1. The number of nitrogens with two attached hydrogens (primary N) is 1. The number of anilines is 1. The average Bonchev–Trinajstić information content (AvgIpc) is 3.37. The summed E-state index contributed by atoms with van der Waals surface area (Å²) in [6.07, 6.45) is 10.3. The maximum atomic E-state index is 12.7. The molecule has 0 aliphatic heterocycles. The number of nitrogens with zero attached hydrogens (tertiary/aromatic N) is 3. The lowest BCUT2D eigenvalue weighted by atomic mass is 9.86. The van der Waals surface area contributed by atoms with Gasteiger partial charge in [0.25, 0.3) is 5.91 Å². The summed E-state index contributed by atoms with van der Waals surface area (Å²) in [4.78, 5) is 37.1. The molecule has 0 saturated heterocycles. The molecule has 0 aromatic carbocycles. The third kappa shape index (κ3) is 6.94. The zero-order chi connectivity index (χ0) is 25.4. The van der Waals surface area contributed by atoms with Gasteiger partial charge in [-0.15, -0.1) is 28.1 Å². The summed E-state index contributed by atoms with van der Waals surface area (Å²) in [5.74, 6) is 0.102. The van der Waals surface area contributed by atoms with Crippen LogP contribution in [0.4, 0.5) is 5.00 Å². The fourth-order valence-corrected chi connectivity index (χ4v) is 6.14. The lowest BCUT2D eigenvalue weighted by Crippen LogP contribution is -2.17. The Morgan fingerprint density at radius 3 is 2.69 bits per heavy atom. The van der Waals surface area contributed by atoms with Gasteiger partial charge in [-0.05, 0) is 31.7 Å². The van der Waals surface area contributed by atoms with Crippen molar-refractivity contribution >= 4 is 45.9 Å². The first kappa shape index (κ1) is 26.9. The van der Waals surface area contributed by atoms with Gasteiger partial charge in [-0.2, -0.15) is 0 Å². The minimum absolute atomic E-state index is 0.0586. The van der Waals surface area contributed by atoms with Gasteiger partial charge in [0.1, 0.15) is 10.8 Å². The monoisotopic (exact) mass is 519 g/mol. The molecule has 0 bridgehead atoms. The van der Waals surface area contributed by atoms with E-state index < -0.39 is 11.9 Å². The minimum atomic E-state index is -0.661. The van der Waals surface area contributed by atoms with Gasteiger partial charge >= 0.3 is 5.97 Å². The molecule has 2 aromatic rings. The van der Waals surface area contributed by atoms with E-state index in [2.05, 4.69) is 22.1 Å². The van der Waals surface area contributed by atoms with Crippen LogP contribution in [-0.4, -0.2) is 44.9 Å². The molecule has 1 aliphatic carbocycles. The molecule has 0 radical (unpaired) electrons. The van der Waals surface area contributed by atoms with E-state index in [0.717, 1.165) is 35.9 Å². The summed E-state index contributed by atoms with van der Waals surface area (Å²) in [6, 6.07) is 0. The van der Waals surface area contributed by atoms with Crippen molar-refractivity contribution in [3.63, 3.8) is 0 Å². The highest BCUT2D eigenvalue weighted by Gasteiger charge is 2.26. The topological polar surface area (TPSA) is 129 Å². The summed E-state index contributed by atoms with van der Waals surface area (Å²) >= 11 is 2.24. The van der Waals surface area contributed by atoms with Crippen LogP contribution < -0.4 is 11.1 Å². The summed E-state index contributed by atoms with van der Waals surface area (Å²) in [5, 5.41) is 12.3. The van der Waals surface area contributed by atoms with Crippen LogP contribution in [0.15, 0.2) is 17.8 Å². The van der Waals surface area contributed by atoms with E-state index in [0.29, 0.717) is 17.3 Å². The lowest BCUT2D eigenvalue weighted by molar-refractivity contribution is -0.113. The van der Waals surface area contributed by atoms with Gasteiger partial charge in [-0.3, -0.25) is 9.59 Å². The molecule has 0 spiro atoms. The van der Waals surface area contributed by atoms with Gasteiger partial charge in [-0.1, -0.05) is 49.9 Å². The summed E-state index contributed by atoms with van der Waals surface area (Å²) in [5.41, 5.74) is 5.99. The molecule has 190 valence electrons. The maximum absolute atomic E-state index is 12.7. The van der Waals surface area contributed by atoms with E-state index in [9.17, 15) is 14.4 Å². The number of rotatable bonds is 12. The van der Waals surface area contributed by atoms with Crippen molar-refractivity contribution in [1.29, 1.82) is 0 Å². The molecular weight excluding hydrogens is 486 g/mol. The largest absolute Gasteiger partial charge is 0.462 e. The third-order valence-electron chi connectivity index (χ3n) is 6.04.